The minimum absolute atomic E-state index is 0.451. The zero-order valence-electron chi connectivity index (χ0n) is 11.7. The van der Waals surface area contributed by atoms with Gasteiger partial charge in [-0.1, -0.05) is 39.3 Å². The van der Waals surface area contributed by atoms with Crippen molar-refractivity contribution in [2.45, 2.75) is 59.5 Å². The first-order valence-corrected chi connectivity index (χ1v) is 6.89. The number of aryl methyl sites for hydroxylation is 1. The third-order valence-electron chi connectivity index (χ3n) is 2.94. The Bertz CT molecular complexity index is 319. The normalized spacial score (nSPS) is 22.8. The first-order valence-electron chi connectivity index (χ1n) is 6.89. The van der Waals surface area contributed by atoms with Crippen molar-refractivity contribution in [2.75, 3.05) is 0 Å². The highest BCUT2D eigenvalue weighted by molar-refractivity contribution is 5.27. The van der Waals surface area contributed by atoms with E-state index in [-0.39, 0.29) is 0 Å². The molecule has 2 atom stereocenters. The van der Waals surface area contributed by atoms with Gasteiger partial charge >= 0.3 is 0 Å². The van der Waals surface area contributed by atoms with E-state index < -0.39 is 0 Å². The second-order valence-corrected chi connectivity index (χ2v) is 5.18. The van der Waals surface area contributed by atoms with Crippen LogP contribution in [0.3, 0.4) is 0 Å². The van der Waals surface area contributed by atoms with Crippen LogP contribution in [-0.2, 0) is 0 Å². The molecule has 1 aliphatic rings. The molecule has 0 unspecified atom stereocenters. The Kier molecular flexibility index (Phi) is 6.10. The second-order valence-electron chi connectivity index (χ2n) is 5.18. The Morgan fingerprint density at radius 3 is 2.47 bits per heavy atom. The summed E-state index contributed by atoms with van der Waals surface area (Å²) in [5.74, 6) is 1.87. The Morgan fingerprint density at radius 1 is 1.24 bits per heavy atom. The first-order chi connectivity index (χ1) is 8.15. The fraction of sp³-hybridized carbons (Fsp3) is 0.625. The van der Waals surface area contributed by atoms with Gasteiger partial charge in [0.25, 0.3) is 0 Å². The van der Waals surface area contributed by atoms with Gasteiger partial charge in [-0.3, -0.25) is 0 Å². The van der Waals surface area contributed by atoms with E-state index in [1.807, 2.05) is 0 Å². The minimum atomic E-state index is 0.451. The van der Waals surface area contributed by atoms with Crippen LogP contribution in [-0.4, -0.2) is 6.10 Å². The average Bonchev–Trinajstić information content (AvgIpc) is 2.65. The van der Waals surface area contributed by atoms with E-state index in [2.05, 4.69) is 52.0 Å². The zero-order chi connectivity index (χ0) is 12.7. The molecule has 1 aromatic rings. The van der Waals surface area contributed by atoms with Crippen LogP contribution in [0.2, 0.25) is 0 Å². The monoisotopic (exact) mass is 234 g/mol. The van der Waals surface area contributed by atoms with Gasteiger partial charge in [-0.05, 0) is 49.8 Å². The molecule has 96 valence electrons. The van der Waals surface area contributed by atoms with Gasteiger partial charge in [0, 0.05) is 0 Å². The van der Waals surface area contributed by atoms with Crippen LogP contribution in [0, 0.1) is 12.8 Å². The van der Waals surface area contributed by atoms with E-state index in [1.54, 1.807) is 0 Å². The summed E-state index contributed by atoms with van der Waals surface area (Å²) in [7, 11) is 0. The van der Waals surface area contributed by atoms with E-state index >= 15 is 0 Å². The fourth-order valence-electron chi connectivity index (χ4n) is 2.14. The highest BCUT2D eigenvalue weighted by Crippen LogP contribution is 2.28. The molecule has 1 fully saturated rings. The maximum absolute atomic E-state index is 5.93. The van der Waals surface area contributed by atoms with Crippen molar-refractivity contribution >= 4 is 0 Å². The molecule has 0 heterocycles. The van der Waals surface area contributed by atoms with Crippen LogP contribution in [0.5, 0.6) is 5.75 Å². The van der Waals surface area contributed by atoms with Crippen LogP contribution in [0.15, 0.2) is 24.3 Å². The molecule has 0 N–H and O–H groups in total. The Morgan fingerprint density at radius 2 is 1.94 bits per heavy atom. The number of ether oxygens (including phenoxy) is 1. The van der Waals surface area contributed by atoms with E-state index in [9.17, 15) is 0 Å². The van der Waals surface area contributed by atoms with Gasteiger partial charge in [-0.25, -0.2) is 0 Å². The summed E-state index contributed by atoms with van der Waals surface area (Å²) in [6.45, 7) is 8.66. The fourth-order valence-corrected chi connectivity index (χ4v) is 2.14. The van der Waals surface area contributed by atoms with Crippen molar-refractivity contribution in [3.8, 4) is 5.75 Å². The van der Waals surface area contributed by atoms with Crippen molar-refractivity contribution in [3.63, 3.8) is 0 Å². The summed E-state index contributed by atoms with van der Waals surface area (Å²) < 4.78 is 5.93. The summed E-state index contributed by atoms with van der Waals surface area (Å²) >= 11 is 0. The van der Waals surface area contributed by atoms with Gasteiger partial charge in [0.05, 0.1) is 6.10 Å². The van der Waals surface area contributed by atoms with Crippen LogP contribution < -0.4 is 4.74 Å². The smallest absolute Gasteiger partial charge is 0.119 e. The molecule has 0 amide bonds. The minimum Gasteiger partial charge on any atom is -0.490 e. The summed E-state index contributed by atoms with van der Waals surface area (Å²) in [6, 6.07) is 8.33. The maximum atomic E-state index is 5.93. The summed E-state index contributed by atoms with van der Waals surface area (Å²) in [6.07, 6.45) is 5.45. The third-order valence-corrected chi connectivity index (χ3v) is 2.94. The molecule has 0 aromatic heterocycles. The molecule has 1 heteroatoms. The molecule has 1 aromatic carbocycles. The highest BCUT2D eigenvalue weighted by atomic mass is 16.5. The average molecular weight is 234 g/mol. The molecule has 0 spiro atoms. The van der Waals surface area contributed by atoms with Gasteiger partial charge in [0.15, 0.2) is 0 Å². The van der Waals surface area contributed by atoms with Gasteiger partial charge in [-0.2, -0.15) is 0 Å². The van der Waals surface area contributed by atoms with E-state index in [1.165, 1.54) is 31.2 Å². The third kappa shape index (κ3) is 5.25. The molecule has 0 aliphatic heterocycles. The molecule has 2 rings (SSSR count). The van der Waals surface area contributed by atoms with Crippen molar-refractivity contribution in [1.82, 2.24) is 0 Å². The molecular formula is C16H26O. The van der Waals surface area contributed by atoms with Gasteiger partial charge in [0.1, 0.15) is 5.75 Å². The van der Waals surface area contributed by atoms with Crippen LogP contribution in [0.4, 0.5) is 0 Å². The number of benzene rings is 1. The summed E-state index contributed by atoms with van der Waals surface area (Å²) in [5.41, 5.74) is 1.27. The Hall–Kier alpha value is -0.980. The topological polar surface area (TPSA) is 9.23 Å². The van der Waals surface area contributed by atoms with Crippen LogP contribution in [0.1, 0.15) is 52.0 Å². The Balaban J connectivity index is 0.000000437. The predicted molar refractivity (Wildman–Crippen MR) is 74.6 cm³/mol. The lowest BCUT2D eigenvalue weighted by molar-refractivity contribution is 0.205. The van der Waals surface area contributed by atoms with E-state index in [0.29, 0.717) is 6.10 Å². The lowest BCUT2D eigenvalue weighted by atomic mass is 10.1. The molecule has 0 radical (unpaired) electrons. The predicted octanol–water partition coefficient (Wildman–Crippen LogP) is 4.98. The van der Waals surface area contributed by atoms with Gasteiger partial charge in [-0.15, -0.1) is 0 Å². The van der Waals surface area contributed by atoms with Gasteiger partial charge < -0.3 is 4.74 Å². The van der Waals surface area contributed by atoms with Crippen LogP contribution >= 0.6 is 0 Å². The van der Waals surface area contributed by atoms with E-state index in [0.717, 1.165) is 11.7 Å². The largest absolute Gasteiger partial charge is 0.490 e. The molecule has 0 bridgehead atoms. The number of hydrogen-bond acceptors (Lipinski definition) is 1. The first kappa shape index (κ1) is 14.1. The van der Waals surface area contributed by atoms with Crippen LogP contribution in [0.25, 0.3) is 0 Å². The molecule has 0 saturated heterocycles. The highest BCUT2D eigenvalue weighted by Gasteiger charge is 2.22. The molecule has 1 aliphatic carbocycles. The van der Waals surface area contributed by atoms with Crippen molar-refractivity contribution < 1.29 is 4.74 Å². The van der Waals surface area contributed by atoms with Crippen molar-refractivity contribution in [2.24, 2.45) is 5.92 Å². The molecule has 1 saturated carbocycles. The quantitative estimate of drug-likeness (QED) is 0.701. The van der Waals surface area contributed by atoms with Crippen molar-refractivity contribution in [3.05, 3.63) is 29.8 Å². The Labute approximate surface area is 106 Å². The summed E-state index contributed by atoms with van der Waals surface area (Å²) in [4.78, 5) is 0. The van der Waals surface area contributed by atoms with Gasteiger partial charge in [0.2, 0.25) is 0 Å². The second kappa shape index (κ2) is 7.37. The number of hydrogen-bond donors (Lipinski definition) is 0. The molecule has 17 heavy (non-hydrogen) atoms. The van der Waals surface area contributed by atoms with Crippen molar-refractivity contribution in [1.29, 1.82) is 0 Å². The zero-order valence-corrected chi connectivity index (χ0v) is 11.7. The standard InChI is InChI=1S/C13H18O.C3H8/c1-10-4-3-5-12(8-10)14-13-7-6-11(2)9-13;1-3-2/h3-5,8,11,13H,6-7,9H2,1-2H3;3H2,1-2H3/t11-,13-;/m1./s1. The maximum Gasteiger partial charge on any atom is 0.119 e. The number of rotatable bonds is 2. The lowest BCUT2D eigenvalue weighted by Crippen LogP contribution is -2.11. The summed E-state index contributed by atoms with van der Waals surface area (Å²) in [5, 5.41) is 0. The SMILES string of the molecule is CCC.Cc1cccc(O[C@@H]2CC[C@@H](C)C2)c1. The molecule has 1 nitrogen and oxygen atoms in total. The van der Waals surface area contributed by atoms with E-state index in [4.69, 9.17) is 4.74 Å². The lowest BCUT2D eigenvalue weighted by Gasteiger charge is -2.13. The molecular weight excluding hydrogens is 208 g/mol.